The number of carbonyl (C=O) groups is 1. The van der Waals surface area contributed by atoms with Crippen LogP contribution in [0.25, 0.3) is 0 Å². The number of aromatic nitrogens is 1. The van der Waals surface area contributed by atoms with Gasteiger partial charge in [0.1, 0.15) is 5.03 Å². The van der Waals surface area contributed by atoms with E-state index in [2.05, 4.69) is 4.98 Å². The van der Waals surface area contributed by atoms with Crippen LogP contribution in [0.5, 0.6) is 0 Å². The molecule has 0 saturated carbocycles. The fraction of sp³-hybridized carbons (Fsp3) is 0.231. The Balaban J connectivity index is 2.28. The standard InChI is InChI=1S/C13H13NO2S2/c1-8-6-9(2)14-12(11(8)13(15)16)18-7-10-4-3-5-17-10/h3-6H,7H2,1-2H3,(H,15,16). The van der Waals surface area contributed by atoms with Crippen LogP contribution in [0.4, 0.5) is 0 Å². The molecule has 18 heavy (non-hydrogen) atoms. The van der Waals surface area contributed by atoms with Crippen LogP contribution in [-0.4, -0.2) is 16.1 Å². The minimum atomic E-state index is -0.909. The summed E-state index contributed by atoms with van der Waals surface area (Å²) in [4.78, 5) is 16.8. The molecule has 2 aromatic rings. The lowest BCUT2D eigenvalue weighted by Gasteiger charge is -2.08. The van der Waals surface area contributed by atoms with Gasteiger partial charge in [-0.15, -0.1) is 11.3 Å². The second-order valence-electron chi connectivity index (χ2n) is 3.93. The van der Waals surface area contributed by atoms with Crippen molar-refractivity contribution >= 4 is 29.1 Å². The van der Waals surface area contributed by atoms with Crippen molar-refractivity contribution in [2.45, 2.75) is 24.6 Å². The predicted molar refractivity (Wildman–Crippen MR) is 74.6 cm³/mol. The molecule has 0 saturated heterocycles. The Morgan fingerprint density at radius 3 is 2.89 bits per heavy atom. The van der Waals surface area contributed by atoms with Gasteiger partial charge < -0.3 is 5.11 Å². The third kappa shape index (κ3) is 2.91. The molecule has 2 rings (SSSR count). The molecule has 0 amide bonds. The molecule has 0 aromatic carbocycles. The molecule has 0 aliphatic rings. The van der Waals surface area contributed by atoms with Crippen molar-refractivity contribution in [1.29, 1.82) is 0 Å². The van der Waals surface area contributed by atoms with Crippen LogP contribution in [0.2, 0.25) is 0 Å². The van der Waals surface area contributed by atoms with Gasteiger partial charge in [-0.1, -0.05) is 17.8 Å². The van der Waals surface area contributed by atoms with Gasteiger partial charge in [0, 0.05) is 16.3 Å². The molecule has 1 N–H and O–H groups in total. The van der Waals surface area contributed by atoms with Crippen LogP contribution in [0.3, 0.4) is 0 Å². The van der Waals surface area contributed by atoms with E-state index >= 15 is 0 Å². The number of thiophene rings is 1. The zero-order chi connectivity index (χ0) is 13.1. The molecule has 0 atom stereocenters. The number of hydrogen-bond acceptors (Lipinski definition) is 4. The first-order chi connectivity index (χ1) is 8.58. The van der Waals surface area contributed by atoms with Crippen molar-refractivity contribution in [1.82, 2.24) is 4.98 Å². The largest absolute Gasteiger partial charge is 0.478 e. The third-order valence-corrected chi connectivity index (χ3v) is 4.54. The summed E-state index contributed by atoms with van der Waals surface area (Å²) < 4.78 is 0. The van der Waals surface area contributed by atoms with Crippen LogP contribution < -0.4 is 0 Å². The Bertz CT molecular complexity index is 565. The minimum Gasteiger partial charge on any atom is -0.478 e. The zero-order valence-electron chi connectivity index (χ0n) is 10.1. The smallest absolute Gasteiger partial charge is 0.338 e. The van der Waals surface area contributed by atoms with Crippen LogP contribution >= 0.6 is 23.1 Å². The van der Waals surface area contributed by atoms with Crippen molar-refractivity contribution in [3.63, 3.8) is 0 Å². The number of aryl methyl sites for hydroxylation is 2. The lowest BCUT2D eigenvalue weighted by molar-refractivity contribution is 0.0691. The zero-order valence-corrected chi connectivity index (χ0v) is 11.8. The van der Waals surface area contributed by atoms with Crippen LogP contribution in [0.15, 0.2) is 28.6 Å². The third-order valence-electron chi connectivity index (χ3n) is 2.46. The van der Waals surface area contributed by atoms with E-state index in [9.17, 15) is 9.90 Å². The summed E-state index contributed by atoms with van der Waals surface area (Å²) in [6.45, 7) is 3.70. The number of hydrogen-bond donors (Lipinski definition) is 1. The molecule has 0 aliphatic carbocycles. The van der Waals surface area contributed by atoms with E-state index in [0.29, 0.717) is 10.6 Å². The number of pyridine rings is 1. The van der Waals surface area contributed by atoms with Crippen molar-refractivity contribution in [2.75, 3.05) is 0 Å². The molecule has 94 valence electrons. The molecular weight excluding hydrogens is 266 g/mol. The average Bonchev–Trinajstić information content (AvgIpc) is 2.77. The van der Waals surface area contributed by atoms with Gasteiger partial charge in [0.05, 0.1) is 5.56 Å². The summed E-state index contributed by atoms with van der Waals surface area (Å²) >= 11 is 3.15. The predicted octanol–water partition coefficient (Wildman–Crippen LogP) is 3.75. The molecular formula is C13H13NO2S2. The molecule has 0 radical (unpaired) electrons. The lowest BCUT2D eigenvalue weighted by Crippen LogP contribution is -2.05. The van der Waals surface area contributed by atoms with Gasteiger partial charge in [0.2, 0.25) is 0 Å². The molecule has 0 aliphatic heterocycles. The number of nitrogens with zero attached hydrogens (tertiary/aromatic N) is 1. The van der Waals surface area contributed by atoms with Gasteiger partial charge in [-0.25, -0.2) is 9.78 Å². The Morgan fingerprint density at radius 1 is 1.50 bits per heavy atom. The van der Waals surface area contributed by atoms with Crippen molar-refractivity contribution in [2.24, 2.45) is 0 Å². The number of carboxylic acids is 1. The Hall–Kier alpha value is -1.33. The van der Waals surface area contributed by atoms with Crippen molar-refractivity contribution < 1.29 is 9.90 Å². The molecule has 0 unspecified atom stereocenters. The molecule has 2 heterocycles. The fourth-order valence-electron chi connectivity index (χ4n) is 1.70. The summed E-state index contributed by atoms with van der Waals surface area (Å²) in [7, 11) is 0. The van der Waals surface area contributed by atoms with Gasteiger partial charge in [-0.2, -0.15) is 0 Å². The summed E-state index contributed by atoms with van der Waals surface area (Å²) in [5.74, 6) is -0.151. The highest BCUT2D eigenvalue weighted by Crippen LogP contribution is 2.28. The summed E-state index contributed by atoms with van der Waals surface area (Å²) in [5.41, 5.74) is 1.94. The monoisotopic (exact) mass is 279 g/mol. The van der Waals surface area contributed by atoms with Gasteiger partial charge in [0.15, 0.2) is 0 Å². The SMILES string of the molecule is Cc1cc(C)c(C(=O)O)c(SCc2cccs2)n1. The molecule has 0 fully saturated rings. The highest BCUT2D eigenvalue weighted by Gasteiger charge is 2.16. The highest BCUT2D eigenvalue weighted by molar-refractivity contribution is 7.98. The normalized spacial score (nSPS) is 10.6. The van der Waals surface area contributed by atoms with Gasteiger partial charge in [0.25, 0.3) is 0 Å². The van der Waals surface area contributed by atoms with E-state index in [1.807, 2.05) is 31.4 Å². The van der Waals surface area contributed by atoms with E-state index in [0.717, 1.165) is 17.0 Å². The molecule has 2 aromatic heterocycles. The number of rotatable bonds is 4. The van der Waals surface area contributed by atoms with Crippen LogP contribution in [-0.2, 0) is 5.75 Å². The van der Waals surface area contributed by atoms with E-state index in [4.69, 9.17) is 0 Å². The van der Waals surface area contributed by atoms with E-state index < -0.39 is 5.97 Å². The molecule has 0 spiro atoms. The van der Waals surface area contributed by atoms with Gasteiger partial charge in [-0.3, -0.25) is 0 Å². The fourth-order valence-corrected chi connectivity index (χ4v) is 3.62. The second kappa shape index (κ2) is 5.54. The van der Waals surface area contributed by atoms with E-state index in [1.165, 1.54) is 16.6 Å². The maximum atomic E-state index is 11.3. The number of carboxylic acid groups (broad SMARTS) is 1. The minimum absolute atomic E-state index is 0.321. The maximum Gasteiger partial charge on any atom is 0.338 e. The number of aromatic carboxylic acids is 1. The molecule has 5 heteroatoms. The molecule has 3 nitrogen and oxygen atoms in total. The molecule has 0 bridgehead atoms. The lowest BCUT2D eigenvalue weighted by atomic mass is 10.1. The Labute approximate surface area is 114 Å². The van der Waals surface area contributed by atoms with Gasteiger partial charge in [-0.05, 0) is 36.9 Å². The first-order valence-electron chi connectivity index (χ1n) is 5.44. The summed E-state index contributed by atoms with van der Waals surface area (Å²) in [6.07, 6.45) is 0. The van der Waals surface area contributed by atoms with E-state index in [-0.39, 0.29) is 0 Å². The van der Waals surface area contributed by atoms with E-state index in [1.54, 1.807) is 17.4 Å². The Kier molecular flexibility index (Phi) is 4.04. The van der Waals surface area contributed by atoms with Crippen LogP contribution in [0.1, 0.15) is 26.5 Å². The van der Waals surface area contributed by atoms with Crippen LogP contribution in [0, 0.1) is 13.8 Å². The number of thioether (sulfide) groups is 1. The Morgan fingerprint density at radius 2 is 2.28 bits per heavy atom. The maximum absolute atomic E-state index is 11.3. The first kappa shape index (κ1) is 13.1. The summed E-state index contributed by atoms with van der Waals surface area (Å²) in [6, 6.07) is 5.84. The van der Waals surface area contributed by atoms with Gasteiger partial charge >= 0.3 is 5.97 Å². The van der Waals surface area contributed by atoms with Crippen molar-refractivity contribution in [3.8, 4) is 0 Å². The average molecular weight is 279 g/mol. The first-order valence-corrected chi connectivity index (χ1v) is 7.31. The summed E-state index contributed by atoms with van der Waals surface area (Å²) in [5, 5.41) is 11.9. The topological polar surface area (TPSA) is 50.2 Å². The quantitative estimate of drug-likeness (QED) is 0.866. The second-order valence-corrected chi connectivity index (χ2v) is 5.93. The highest BCUT2D eigenvalue weighted by atomic mass is 32.2. The van der Waals surface area contributed by atoms with Crippen molar-refractivity contribution in [3.05, 3.63) is 45.3 Å².